The predicted octanol–water partition coefficient (Wildman–Crippen LogP) is 1.10. The van der Waals surface area contributed by atoms with Gasteiger partial charge in [-0.3, -0.25) is 9.59 Å². The summed E-state index contributed by atoms with van der Waals surface area (Å²) in [6.07, 6.45) is 2.19. The second-order valence-electron chi connectivity index (χ2n) is 5.04. The standard InChI is InChI=1S/C15H19N5O2S/c1-4-17-13(21)11(7-16)15-20(5-2)14(22)12(23-15)6-10-8-18-9(3)19-10/h8,12H,4-6H2,1-3H3,(H,17,21)(H,18,19)/b15-11-. The summed E-state index contributed by atoms with van der Waals surface area (Å²) < 4.78 is 0. The molecule has 1 unspecified atom stereocenters. The second kappa shape index (κ2) is 7.33. The van der Waals surface area contributed by atoms with E-state index >= 15 is 0 Å². The maximum absolute atomic E-state index is 12.6. The summed E-state index contributed by atoms with van der Waals surface area (Å²) >= 11 is 1.27. The number of rotatable bonds is 5. The van der Waals surface area contributed by atoms with E-state index in [1.54, 1.807) is 13.1 Å². The van der Waals surface area contributed by atoms with Crippen LogP contribution < -0.4 is 5.32 Å². The van der Waals surface area contributed by atoms with Crippen molar-refractivity contribution in [2.45, 2.75) is 32.4 Å². The van der Waals surface area contributed by atoms with Gasteiger partial charge in [-0.05, 0) is 20.8 Å². The Labute approximate surface area is 139 Å². The summed E-state index contributed by atoms with van der Waals surface area (Å²) in [5.41, 5.74) is 0.859. The van der Waals surface area contributed by atoms with E-state index in [2.05, 4.69) is 15.3 Å². The number of hydrogen-bond acceptors (Lipinski definition) is 5. The van der Waals surface area contributed by atoms with E-state index in [0.717, 1.165) is 11.5 Å². The largest absolute Gasteiger partial charge is 0.352 e. The van der Waals surface area contributed by atoms with Gasteiger partial charge in [0.15, 0.2) is 0 Å². The number of aromatic nitrogens is 2. The van der Waals surface area contributed by atoms with Gasteiger partial charge in [0, 0.05) is 31.4 Å². The first-order chi connectivity index (χ1) is 11.0. The van der Waals surface area contributed by atoms with Crippen LogP contribution in [0.3, 0.4) is 0 Å². The third-order valence-electron chi connectivity index (χ3n) is 3.41. The number of carbonyl (C=O) groups excluding carboxylic acids is 2. The number of amides is 2. The molecule has 1 aromatic rings. The molecule has 0 bridgehead atoms. The molecular formula is C15H19N5O2S. The number of likely N-dealkylation sites (N-methyl/N-ethyl adjacent to an activating group) is 1. The highest BCUT2D eigenvalue weighted by Gasteiger charge is 2.39. The zero-order valence-electron chi connectivity index (χ0n) is 13.3. The van der Waals surface area contributed by atoms with E-state index in [1.165, 1.54) is 16.7 Å². The summed E-state index contributed by atoms with van der Waals surface area (Å²) in [6, 6.07) is 1.93. The van der Waals surface area contributed by atoms with Crippen LogP contribution in [0, 0.1) is 18.3 Å². The Morgan fingerprint density at radius 1 is 1.57 bits per heavy atom. The maximum Gasteiger partial charge on any atom is 0.264 e. The lowest BCUT2D eigenvalue weighted by molar-refractivity contribution is -0.127. The Bertz CT molecular complexity index is 688. The number of aryl methyl sites for hydroxylation is 1. The maximum atomic E-state index is 12.6. The van der Waals surface area contributed by atoms with Gasteiger partial charge in [-0.1, -0.05) is 11.8 Å². The van der Waals surface area contributed by atoms with Gasteiger partial charge in [-0.15, -0.1) is 0 Å². The first kappa shape index (κ1) is 17.1. The Kier molecular flexibility index (Phi) is 5.45. The fourth-order valence-corrected chi connectivity index (χ4v) is 3.73. The van der Waals surface area contributed by atoms with E-state index in [9.17, 15) is 14.9 Å². The smallest absolute Gasteiger partial charge is 0.264 e. The van der Waals surface area contributed by atoms with Crippen LogP contribution in [0.4, 0.5) is 0 Å². The number of H-pyrrole nitrogens is 1. The van der Waals surface area contributed by atoms with Gasteiger partial charge in [0.25, 0.3) is 5.91 Å². The highest BCUT2D eigenvalue weighted by molar-refractivity contribution is 8.04. The van der Waals surface area contributed by atoms with Crippen molar-refractivity contribution in [2.75, 3.05) is 13.1 Å². The van der Waals surface area contributed by atoms with Gasteiger partial charge in [0.1, 0.15) is 22.5 Å². The van der Waals surface area contributed by atoms with Gasteiger partial charge >= 0.3 is 0 Å². The zero-order valence-corrected chi connectivity index (χ0v) is 14.2. The molecule has 1 aliphatic heterocycles. The van der Waals surface area contributed by atoms with Crippen LogP contribution in [-0.4, -0.2) is 45.0 Å². The summed E-state index contributed by atoms with van der Waals surface area (Å²) in [4.78, 5) is 33.3. The van der Waals surface area contributed by atoms with Crippen molar-refractivity contribution < 1.29 is 9.59 Å². The monoisotopic (exact) mass is 333 g/mol. The van der Waals surface area contributed by atoms with E-state index in [-0.39, 0.29) is 16.7 Å². The highest BCUT2D eigenvalue weighted by atomic mass is 32.2. The quantitative estimate of drug-likeness (QED) is 0.620. The molecule has 1 fully saturated rings. The molecule has 0 aliphatic carbocycles. The van der Waals surface area contributed by atoms with E-state index < -0.39 is 5.91 Å². The molecule has 2 amide bonds. The molecule has 2 heterocycles. The average molecular weight is 333 g/mol. The first-order valence-corrected chi connectivity index (χ1v) is 8.30. The molecule has 0 saturated carbocycles. The molecular weight excluding hydrogens is 314 g/mol. The molecule has 23 heavy (non-hydrogen) atoms. The van der Waals surface area contributed by atoms with Crippen molar-refractivity contribution in [2.24, 2.45) is 0 Å². The third-order valence-corrected chi connectivity index (χ3v) is 4.71. The number of carbonyl (C=O) groups is 2. The molecule has 0 radical (unpaired) electrons. The lowest BCUT2D eigenvalue weighted by atomic mass is 10.2. The highest BCUT2D eigenvalue weighted by Crippen LogP contribution is 2.38. The van der Waals surface area contributed by atoms with Crippen molar-refractivity contribution >= 4 is 23.6 Å². The van der Waals surface area contributed by atoms with Gasteiger partial charge in [-0.25, -0.2) is 4.98 Å². The van der Waals surface area contributed by atoms with Crippen LogP contribution in [0.1, 0.15) is 25.4 Å². The molecule has 122 valence electrons. The van der Waals surface area contributed by atoms with E-state index in [1.807, 2.05) is 19.9 Å². The SMILES string of the molecule is CCNC(=O)/C(C#N)=C1\SC(Cc2cnc(C)[nH]2)C(=O)N1CC. The van der Waals surface area contributed by atoms with Gasteiger partial charge < -0.3 is 15.2 Å². The summed E-state index contributed by atoms with van der Waals surface area (Å²) in [7, 11) is 0. The molecule has 2 N–H and O–H groups in total. The molecule has 2 rings (SSSR count). The van der Waals surface area contributed by atoms with E-state index in [0.29, 0.717) is 24.5 Å². The minimum Gasteiger partial charge on any atom is -0.352 e. The summed E-state index contributed by atoms with van der Waals surface area (Å²) in [6.45, 7) is 6.31. The Balaban J connectivity index is 2.29. The topological polar surface area (TPSA) is 102 Å². The molecule has 1 aliphatic rings. The van der Waals surface area contributed by atoms with Crippen molar-refractivity contribution in [3.63, 3.8) is 0 Å². The van der Waals surface area contributed by atoms with Crippen molar-refractivity contribution in [3.8, 4) is 6.07 Å². The van der Waals surface area contributed by atoms with Crippen LogP contribution in [0.25, 0.3) is 0 Å². The second-order valence-corrected chi connectivity index (χ2v) is 6.23. The van der Waals surface area contributed by atoms with Crippen LogP contribution in [-0.2, 0) is 16.0 Å². The molecule has 0 aromatic carbocycles. The van der Waals surface area contributed by atoms with Gasteiger partial charge in [-0.2, -0.15) is 5.26 Å². The first-order valence-electron chi connectivity index (χ1n) is 7.42. The Morgan fingerprint density at radius 3 is 2.83 bits per heavy atom. The van der Waals surface area contributed by atoms with Crippen molar-refractivity contribution in [3.05, 3.63) is 28.3 Å². The van der Waals surface area contributed by atoms with Crippen LogP contribution in [0.5, 0.6) is 0 Å². The Hall–Kier alpha value is -2.27. The van der Waals surface area contributed by atoms with Gasteiger partial charge in [0.05, 0.1) is 5.25 Å². The van der Waals surface area contributed by atoms with E-state index in [4.69, 9.17) is 0 Å². The Morgan fingerprint density at radius 2 is 2.30 bits per heavy atom. The number of nitrogens with zero attached hydrogens (tertiary/aromatic N) is 3. The number of thioether (sulfide) groups is 1. The summed E-state index contributed by atoms with van der Waals surface area (Å²) in [5, 5.41) is 12.0. The van der Waals surface area contributed by atoms with Crippen LogP contribution >= 0.6 is 11.8 Å². The number of hydrogen-bond donors (Lipinski definition) is 2. The normalized spacial score (nSPS) is 19.7. The minimum atomic E-state index is -0.443. The summed E-state index contributed by atoms with van der Waals surface area (Å²) in [5.74, 6) is 0.261. The lowest BCUT2D eigenvalue weighted by Gasteiger charge is -2.15. The number of nitriles is 1. The number of aromatic amines is 1. The zero-order chi connectivity index (χ0) is 17.0. The number of imidazole rings is 1. The number of nitrogens with one attached hydrogen (secondary N) is 2. The van der Waals surface area contributed by atoms with Crippen LogP contribution in [0.2, 0.25) is 0 Å². The molecule has 1 aromatic heterocycles. The lowest BCUT2D eigenvalue weighted by Crippen LogP contribution is -2.31. The van der Waals surface area contributed by atoms with Crippen molar-refractivity contribution in [1.29, 1.82) is 5.26 Å². The molecule has 0 spiro atoms. The van der Waals surface area contributed by atoms with Crippen molar-refractivity contribution in [1.82, 2.24) is 20.2 Å². The predicted molar refractivity (Wildman–Crippen MR) is 87.1 cm³/mol. The molecule has 7 nitrogen and oxygen atoms in total. The average Bonchev–Trinajstić information content (AvgIpc) is 3.05. The minimum absolute atomic E-state index is 0.00431. The fraction of sp³-hybridized carbons (Fsp3) is 0.467. The third kappa shape index (κ3) is 3.56. The van der Waals surface area contributed by atoms with Gasteiger partial charge in [0.2, 0.25) is 5.91 Å². The fourth-order valence-electron chi connectivity index (χ4n) is 2.36. The molecule has 1 atom stereocenters. The van der Waals surface area contributed by atoms with Crippen LogP contribution in [0.15, 0.2) is 16.8 Å². The molecule has 8 heteroatoms. The molecule has 1 saturated heterocycles.